The second-order valence-electron chi connectivity index (χ2n) is 6.83. The van der Waals surface area contributed by atoms with Crippen LogP contribution < -0.4 is 10.6 Å². The van der Waals surface area contributed by atoms with Gasteiger partial charge in [-0.15, -0.1) is 0 Å². The Hall–Kier alpha value is -1.95. The molecule has 2 N–H and O–H groups in total. The summed E-state index contributed by atoms with van der Waals surface area (Å²) in [7, 11) is 0. The Kier molecular flexibility index (Phi) is 5.45. The largest absolute Gasteiger partial charge is 0.342 e. The molecular weight excluding hydrogens is 304 g/mol. The number of hydrogen-bond acceptors (Lipinski definition) is 4. The molecule has 2 aliphatic rings. The maximum absolute atomic E-state index is 12.5. The van der Waals surface area contributed by atoms with E-state index in [0.717, 1.165) is 44.5 Å². The average Bonchev–Trinajstić information content (AvgIpc) is 3.08. The van der Waals surface area contributed by atoms with Gasteiger partial charge in [-0.3, -0.25) is 9.59 Å². The lowest BCUT2D eigenvalue weighted by atomic mass is 9.96. The first-order valence-electron chi connectivity index (χ1n) is 8.87. The molecule has 130 valence electrons. The van der Waals surface area contributed by atoms with Crippen molar-refractivity contribution in [2.24, 2.45) is 5.92 Å². The zero-order chi connectivity index (χ0) is 16.9. The molecule has 0 saturated carbocycles. The zero-order valence-corrected chi connectivity index (χ0v) is 14.3. The van der Waals surface area contributed by atoms with Gasteiger partial charge in [-0.1, -0.05) is 6.07 Å². The summed E-state index contributed by atoms with van der Waals surface area (Å²) in [5, 5.41) is 6.25. The molecule has 0 spiro atoms. The second kappa shape index (κ2) is 7.75. The smallest absolute Gasteiger partial charge is 0.230 e. The quantitative estimate of drug-likeness (QED) is 0.881. The fourth-order valence-electron chi connectivity index (χ4n) is 3.53. The summed E-state index contributed by atoms with van der Waals surface area (Å²) in [4.78, 5) is 31.1. The van der Waals surface area contributed by atoms with Crippen LogP contribution in [0.15, 0.2) is 18.2 Å². The first-order valence-corrected chi connectivity index (χ1v) is 8.87. The van der Waals surface area contributed by atoms with Crippen LogP contribution >= 0.6 is 0 Å². The fraction of sp³-hybridized carbons (Fsp3) is 0.611. The standard InChI is InChI=1S/C18H26N4O2/c1-13-5-2-8-16(20-13)21-18(24)14-6-4-10-22(12-14)17(23)11-15-7-3-9-19-15/h2,5,8,14-15,19H,3-4,6-7,9-12H2,1H3,(H,20,21,24). The first kappa shape index (κ1) is 16.9. The van der Waals surface area contributed by atoms with Crippen molar-refractivity contribution in [1.29, 1.82) is 0 Å². The minimum Gasteiger partial charge on any atom is -0.342 e. The van der Waals surface area contributed by atoms with E-state index in [9.17, 15) is 9.59 Å². The number of carbonyl (C=O) groups excluding carboxylic acids is 2. The molecule has 2 fully saturated rings. The van der Waals surface area contributed by atoms with Gasteiger partial charge in [0.2, 0.25) is 11.8 Å². The van der Waals surface area contributed by atoms with Gasteiger partial charge in [0.05, 0.1) is 5.92 Å². The highest BCUT2D eigenvalue weighted by Gasteiger charge is 2.30. The Morgan fingerprint density at radius 2 is 2.21 bits per heavy atom. The summed E-state index contributed by atoms with van der Waals surface area (Å²) in [5.41, 5.74) is 0.873. The Bertz CT molecular complexity index is 598. The van der Waals surface area contributed by atoms with Crippen molar-refractivity contribution in [3.05, 3.63) is 23.9 Å². The third-order valence-corrected chi connectivity index (χ3v) is 4.87. The number of hydrogen-bond donors (Lipinski definition) is 2. The average molecular weight is 330 g/mol. The molecule has 6 heteroatoms. The molecule has 24 heavy (non-hydrogen) atoms. The lowest BCUT2D eigenvalue weighted by molar-refractivity contribution is -0.135. The molecule has 2 atom stereocenters. The van der Waals surface area contributed by atoms with E-state index in [4.69, 9.17) is 0 Å². The topological polar surface area (TPSA) is 74.3 Å². The lowest BCUT2D eigenvalue weighted by Crippen LogP contribution is -2.45. The lowest BCUT2D eigenvalue weighted by Gasteiger charge is -2.32. The van der Waals surface area contributed by atoms with E-state index in [1.165, 1.54) is 0 Å². The SMILES string of the molecule is Cc1cccc(NC(=O)C2CCCN(C(=O)CC3CCCN3)C2)n1. The van der Waals surface area contributed by atoms with Crippen LogP contribution in [0.1, 0.15) is 37.8 Å². The Balaban J connectivity index is 1.54. The summed E-state index contributed by atoms with van der Waals surface area (Å²) in [5.74, 6) is 0.560. The fourth-order valence-corrected chi connectivity index (χ4v) is 3.53. The molecule has 2 aliphatic heterocycles. The zero-order valence-electron chi connectivity index (χ0n) is 14.3. The monoisotopic (exact) mass is 330 g/mol. The molecule has 6 nitrogen and oxygen atoms in total. The van der Waals surface area contributed by atoms with E-state index in [0.29, 0.717) is 24.8 Å². The van der Waals surface area contributed by atoms with Gasteiger partial charge in [0.15, 0.2) is 0 Å². The van der Waals surface area contributed by atoms with Crippen molar-refractivity contribution in [3.63, 3.8) is 0 Å². The molecule has 0 aliphatic carbocycles. The Labute approximate surface area is 143 Å². The molecule has 3 heterocycles. The minimum absolute atomic E-state index is 0.0374. The van der Waals surface area contributed by atoms with Crippen LogP contribution in [0.4, 0.5) is 5.82 Å². The van der Waals surface area contributed by atoms with E-state index < -0.39 is 0 Å². The van der Waals surface area contributed by atoms with Gasteiger partial charge in [-0.25, -0.2) is 4.98 Å². The molecule has 0 aromatic carbocycles. The summed E-state index contributed by atoms with van der Waals surface area (Å²) < 4.78 is 0. The number of nitrogens with one attached hydrogen (secondary N) is 2. The third-order valence-electron chi connectivity index (χ3n) is 4.87. The maximum Gasteiger partial charge on any atom is 0.230 e. The third kappa shape index (κ3) is 4.32. The molecule has 0 radical (unpaired) electrons. The van der Waals surface area contributed by atoms with Gasteiger partial charge in [0.1, 0.15) is 5.82 Å². The van der Waals surface area contributed by atoms with Crippen LogP contribution in [0, 0.1) is 12.8 Å². The van der Waals surface area contributed by atoms with Gasteiger partial charge in [0, 0.05) is 31.2 Å². The summed E-state index contributed by atoms with van der Waals surface area (Å²) in [6, 6.07) is 5.88. The number of aromatic nitrogens is 1. The molecular formula is C18H26N4O2. The van der Waals surface area contributed by atoms with Crippen LogP contribution in [0.5, 0.6) is 0 Å². The summed E-state index contributed by atoms with van der Waals surface area (Å²) in [6.45, 7) is 4.18. The number of likely N-dealkylation sites (tertiary alicyclic amines) is 1. The van der Waals surface area contributed by atoms with Crippen LogP contribution in [0.3, 0.4) is 0 Å². The van der Waals surface area contributed by atoms with Crippen molar-refractivity contribution in [1.82, 2.24) is 15.2 Å². The van der Waals surface area contributed by atoms with Crippen molar-refractivity contribution in [2.45, 2.75) is 45.1 Å². The summed E-state index contributed by atoms with van der Waals surface area (Å²) in [6.07, 6.45) is 4.47. The van der Waals surface area contributed by atoms with Crippen LogP contribution in [-0.2, 0) is 9.59 Å². The molecule has 2 saturated heterocycles. The predicted octanol–water partition coefficient (Wildman–Crippen LogP) is 1.71. The van der Waals surface area contributed by atoms with Gasteiger partial charge in [-0.05, 0) is 51.3 Å². The number of amides is 2. The molecule has 2 unspecified atom stereocenters. The van der Waals surface area contributed by atoms with Crippen molar-refractivity contribution in [3.8, 4) is 0 Å². The van der Waals surface area contributed by atoms with E-state index in [2.05, 4.69) is 15.6 Å². The highest BCUT2D eigenvalue weighted by atomic mass is 16.2. The predicted molar refractivity (Wildman–Crippen MR) is 92.5 cm³/mol. The van der Waals surface area contributed by atoms with E-state index in [1.54, 1.807) is 6.07 Å². The molecule has 2 amide bonds. The summed E-state index contributed by atoms with van der Waals surface area (Å²) >= 11 is 0. The molecule has 0 bridgehead atoms. The maximum atomic E-state index is 12.5. The number of anilines is 1. The van der Waals surface area contributed by atoms with Gasteiger partial charge < -0.3 is 15.5 Å². The van der Waals surface area contributed by atoms with Crippen LogP contribution in [-0.4, -0.2) is 47.4 Å². The minimum atomic E-state index is -0.151. The number of piperidine rings is 1. The number of carbonyl (C=O) groups is 2. The number of aryl methyl sites for hydroxylation is 1. The van der Waals surface area contributed by atoms with E-state index in [-0.39, 0.29) is 17.7 Å². The Morgan fingerprint density at radius 1 is 1.33 bits per heavy atom. The normalized spacial score (nSPS) is 24.0. The van der Waals surface area contributed by atoms with Crippen molar-refractivity contribution >= 4 is 17.6 Å². The van der Waals surface area contributed by atoms with E-state index in [1.807, 2.05) is 24.0 Å². The highest BCUT2D eigenvalue weighted by molar-refractivity contribution is 5.92. The number of pyridine rings is 1. The second-order valence-corrected chi connectivity index (χ2v) is 6.83. The van der Waals surface area contributed by atoms with Crippen LogP contribution in [0.2, 0.25) is 0 Å². The van der Waals surface area contributed by atoms with Crippen molar-refractivity contribution < 1.29 is 9.59 Å². The van der Waals surface area contributed by atoms with Crippen LogP contribution in [0.25, 0.3) is 0 Å². The van der Waals surface area contributed by atoms with Gasteiger partial charge in [0.25, 0.3) is 0 Å². The van der Waals surface area contributed by atoms with E-state index >= 15 is 0 Å². The Morgan fingerprint density at radius 3 is 2.96 bits per heavy atom. The first-order chi connectivity index (χ1) is 11.6. The van der Waals surface area contributed by atoms with Gasteiger partial charge >= 0.3 is 0 Å². The number of rotatable bonds is 4. The van der Waals surface area contributed by atoms with Crippen molar-refractivity contribution in [2.75, 3.05) is 25.0 Å². The molecule has 3 rings (SSSR count). The molecule has 1 aromatic heterocycles. The highest BCUT2D eigenvalue weighted by Crippen LogP contribution is 2.20. The van der Waals surface area contributed by atoms with Gasteiger partial charge in [-0.2, -0.15) is 0 Å². The number of nitrogens with zero attached hydrogens (tertiary/aromatic N) is 2. The molecule has 1 aromatic rings.